The molecule has 0 spiro atoms. The predicted octanol–water partition coefficient (Wildman–Crippen LogP) is 4.86. The lowest BCUT2D eigenvalue weighted by Gasteiger charge is -2.04. The Morgan fingerprint density at radius 1 is 0.952 bits per heavy atom. The van der Waals surface area contributed by atoms with Crippen LogP contribution in [0.25, 0.3) is 0 Å². The highest BCUT2D eigenvalue weighted by molar-refractivity contribution is 5.75. The molecule has 0 rings (SSSR count). The molecule has 0 saturated carbocycles. The van der Waals surface area contributed by atoms with E-state index in [4.69, 9.17) is 4.74 Å². The van der Waals surface area contributed by atoms with Gasteiger partial charge in [-0.05, 0) is 38.8 Å². The number of ether oxygens (including phenoxy) is 1. The highest BCUT2D eigenvalue weighted by Gasteiger charge is 1.95. The Morgan fingerprint density at radius 3 is 2.05 bits per heavy atom. The smallest absolute Gasteiger partial charge is 0.129 e. The van der Waals surface area contributed by atoms with Crippen LogP contribution in [0.2, 0.25) is 0 Å². The van der Waals surface area contributed by atoms with Gasteiger partial charge in [0.15, 0.2) is 0 Å². The lowest BCUT2D eigenvalue weighted by Crippen LogP contribution is -2.05. The molecule has 21 heavy (non-hydrogen) atoms. The van der Waals surface area contributed by atoms with Crippen LogP contribution in [0.1, 0.15) is 78.6 Å². The van der Waals surface area contributed by atoms with Crippen LogP contribution in [-0.2, 0) is 9.53 Å². The SMILES string of the molecule is C=CNCCCCCCCOCCCCCC(C)=O.CC. The number of rotatable bonds is 15. The average Bonchev–Trinajstić information content (AvgIpc) is 2.49. The Bertz CT molecular complexity index is 217. The second kappa shape index (κ2) is 21.5. The average molecular weight is 299 g/mol. The van der Waals surface area contributed by atoms with Crippen molar-refractivity contribution in [2.24, 2.45) is 0 Å². The van der Waals surface area contributed by atoms with E-state index in [1.165, 1.54) is 32.1 Å². The molecule has 0 aliphatic heterocycles. The van der Waals surface area contributed by atoms with E-state index in [9.17, 15) is 4.79 Å². The maximum absolute atomic E-state index is 10.7. The third kappa shape index (κ3) is 24.6. The van der Waals surface area contributed by atoms with Crippen molar-refractivity contribution in [3.8, 4) is 0 Å². The van der Waals surface area contributed by atoms with Crippen molar-refractivity contribution in [3.63, 3.8) is 0 Å². The number of nitrogens with one attached hydrogen (secondary N) is 1. The van der Waals surface area contributed by atoms with E-state index >= 15 is 0 Å². The minimum absolute atomic E-state index is 0.296. The summed E-state index contributed by atoms with van der Waals surface area (Å²) in [7, 11) is 0. The van der Waals surface area contributed by atoms with Gasteiger partial charge < -0.3 is 14.8 Å². The molecule has 0 aromatic carbocycles. The van der Waals surface area contributed by atoms with Crippen LogP contribution in [0, 0.1) is 0 Å². The lowest BCUT2D eigenvalue weighted by molar-refractivity contribution is -0.117. The molecule has 0 aliphatic rings. The summed E-state index contributed by atoms with van der Waals surface area (Å²) < 4.78 is 5.58. The molecule has 3 heteroatoms. The van der Waals surface area contributed by atoms with Gasteiger partial charge in [0.25, 0.3) is 0 Å². The Balaban J connectivity index is 0. The van der Waals surface area contributed by atoms with Gasteiger partial charge in [-0.1, -0.05) is 46.1 Å². The summed E-state index contributed by atoms with van der Waals surface area (Å²) in [4.78, 5) is 10.7. The fourth-order valence-electron chi connectivity index (χ4n) is 1.92. The first kappa shape index (κ1) is 22.5. The van der Waals surface area contributed by atoms with Crippen LogP contribution in [-0.4, -0.2) is 25.5 Å². The van der Waals surface area contributed by atoms with E-state index in [1.807, 2.05) is 13.8 Å². The van der Waals surface area contributed by atoms with E-state index in [1.54, 1.807) is 13.1 Å². The van der Waals surface area contributed by atoms with Gasteiger partial charge in [0.1, 0.15) is 5.78 Å². The standard InChI is InChI=1S/C16H31NO2.C2H6/c1-3-17-13-9-5-4-6-10-14-19-15-11-7-8-12-16(2)18;1-2/h3,17H,1,4-15H2,2H3;1-2H3. The van der Waals surface area contributed by atoms with Crippen molar-refractivity contribution >= 4 is 5.78 Å². The summed E-state index contributed by atoms with van der Waals surface area (Å²) in [5.41, 5.74) is 0. The van der Waals surface area contributed by atoms with Crippen molar-refractivity contribution in [1.29, 1.82) is 0 Å². The van der Waals surface area contributed by atoms with Gasteiger partial charge in [0, 0.05) is 26.2 Å². The quantitative estimate of drug-likeness (QED) is 0.439. The zero-order valence-corrected chi connectivity index (χ0v) is 14.6. The zero-order valence-electron chi connectivity index (χ0n) is 14.6. The summed E-state index contributed by atoms with van der Waals surface area (Å²) in [5, 5.41) is 3.11. The number of carbonyl (C=O) groups is 1. The first-order valence-electron chi connectivity index (χ1n) is 8.69. The molecule has 0 aliphatic carbocycles. The molecule has 0 unspecified atom stereocenters. The summed E-state index contributed by atoms with van der Waals surface area (Å²) in [6.07, 6.45) is 11.9. The maximum atomic E-state index is 10.7. The van der Waals surface area contributed by atoms with Gasteiger partial charge in [0.2, 0.25) is 0 Å². The largest absolute Gasteiger partial charge is 0.391 e. The summed E-state index contributed by atoms with van der Waals surface area (Å²) in [6.45, 7) is 12.1. The third-order valence-electron chi connectivity index (χ3n) is 3.07. The van der Waals surface area contributed by atoms with E-state index < -0.39 is 0 Å². The zero-order chi connectivity index (χ0) is 16.2. The van der Waals surface area contributed by atoms with Gasteiger partial charge in [-0.25, -0.2) is 0 Å². The van der Waals surface area contributed by atoms with Crippen molar-refractivity contribution < 1.29 is 9.53 Å². The number of Topliss-reactive ketones (excluding diaryl/α,β-unsaturated/α-hetero) is 1. The van der Waals surface area contributed by atoms with Gasteiger partial charge in [-0.15, -0.1) is 0 Å². The molecule has 1 N–H and O–H groups in total. The van der Waals surface area contributed by atoms with E-state index in [0.717, 1.165) is 45.4 Å². The molecular formula is C18H37NO2. The molecule has 0 aromatic rings. The molecular weight excluding hydrogens is 262 g/mol. The van der Waals surface area contributed by atoms with Crippen LogP contribution >= 0.6 is 0 Å². The van der Waals surface area contributed by atoms with Crippen LogP contribution in [0.5, 0.6) is 0 Å². The second-order valence-electron chi connectivity index (χ2n) is 5.05. The number of unbranched alkanes of at least 4 members (excludes halogenated alkanes) is 6. The first-order valence-corrected chi connectivity index (χ1v) is 8.69. The van der Waals surface area contributed by atoms with Gasteiger partial charge >= 0.3 is 0 Å². The number of hydrogen-bond donors (Lipinski definition) is 1. The third-order valence-corrected chi connectivity index (χ3v) is 3.07. The number of ketones is 1. The molecule has 3 nitrogen and oxygen atoms in total. The summed E-state index contributed by atoms with van der Waals surface area (Å²) in [6, 6.07) is 0. The van der Waals surface area contributed by atoms with Crippen LogP contribution in [0.3, 0.4) is 0 Å². The Kier molecular flexibility index (Phi) is 23.0. The number of carbonyl (C=O) groups excluding carboxylic acids is 1. The Labute approximate surface area is 132 Å². The van der Waals surface area contributed by atoms with Crippen molar-refractivity contribution in [3.05, 3.63) is 12.8 Å². The minimum Gasteiger partial charge on any atom is -0.391 e. The molecule has 0 heterocycles. The second-order valence-corrected chi connectivity index (χ2v) is 5.05. The fourth-order valence-corrected chi connectivity index (χ4v) is 1.92. The highest BCUT2D eigenvalue weighted by atomic mass is 16.5. The lowest BCUT2D eigenvalue weighted by atomic mass is 10.1. The molecule has 0 aromatic heterocycles. The van der Waals surface area contributed by atoms with Crippen LogP contribution in [0.4, 0.5) is 0 Å². The van der Waals surface area contributed by atoms with E-state index in [-0.39, 0.29) is 0 Å². The molecule has 0 amide bonds. The van der Waals surface area contributed by atoms with Crippen molar-refractivity contribution in [1.82, 2.24) is 5.32 Å². The molecule has 0 saturated heterocycles. The van der Waals surface area contributed by atoms with E-state index in [0.29, 0.717) is 5.78 Å². The number of hydrogen-bond acceptors (Lipinski definition) is 3. The van der Waals surface area contributed by atoms with Gasteiger partial charge in [0.05, 0.1) is 0 Å². The minimum atomic E-state index is 0.296. The predicted molar refractivity (Wildman–Crippen MR) is 92.6 cm³/mol. The Hall–Kier alpha value is -0.830. The molecule has 0 radical (unpaired) electrons. The van der Waals surface area contributed by atoms with Crippen molar-refractivity contribution in [2.75, 3.05) is 19.8 Å². The van der Waals surface area contributed by atoms with Gasteiger partial charge in [-0.2, -0.15) is 0 Å². The molecule has 0 atom stereocenters. The van der Waals surface area contributed by atoms with Crippen LogP contribution < -0.4 is 5.32 Å². The van der Waals surface area contributed by atoms with Crippen LogP contribution in [0.15, 0.2) is 12.8 Å². The Morgan fingerprint density at radius 2 is 1.48 bits per heavy atom. The van der Waals surface area contributed by atoms with E-state index in [2.05, 4.69) is 11.9 Å². The fraction of sp³-hybridized carbons (Fsp3) is 0.833. The normalized spacial score (nSPS) is 9.67. The van der Waals surface area contributed by atoms with Gasteiger partial charge in [-0.3, -0.25) is 0 Å². The summed E-state index contributed by atoms with van der Waals surface area (Å²) in [5.74, 6) is 0.296. The first-order chi connectivity index (χ1) is 10.3. The molecule has 0 bridgehead atoms. The molecule has 0 fully saturated rings. The topological polar surface area (TPSA) is 38.3 Å². The molecule has 126 valence electrons. The monoisotopic (exact) mass is 299 g/mol. The maximum Gasteiger partial charge on any atom is 0.129 e. The highest BCUT2D eigenvalue weighted by Crippen LogP contribution is 2.04. The van der Waals surface area contributed by atoms with Crippen molar-refractivity contribution in [2.45, 2.75) is 78.6 Å². The summed E-state index contributed by atoms with van der Waals surface area (Å²) >= 11 is 0.